The van der Waals surface area contributed by atoms with E-state index in [0.717, 1.165) is 25.2 Å². The van der Waals surface area contributed by atoms with Gasteiger partial charge in [-0.3, -0.25) is 0 Å². The summed E-state index contributed by atoms with van der Waals surface area (Å²) in [6.07, 6.45) is 2.78. The zero-order valence-electron chi connectivity index (χ0n) is 8.74. The van der Waals surface area contributed by atoms with Crippen LogP contribution in [0.25, 0.3) is 0 Å². The maximum Gasteiger partial charge on any atom is 0.133 e. The number of hydrogen-bond acceptors (Lipinski definition) is 3. The second kappa shape index (κ2) is 4.92. The molecule has 0 radical (unpaired) electrons. The fraction of sp³-hybridized carbons (Fsp3) is 0.545. The summed E-state index contributed by atoms with van der Waals surface area (Å²) in [5.74, 6) is 0. The first-order valence-electron chi connectivity index (χ1n) is 5.21. The van der Waals surface area contributed by atoms with Gasteiger partial charge in [0.05, 0.1) is 6.61 Å². The Morgan fingerprint density at radius 1 is 1.67 bits per heavy atom. The van der Waals surface area contributed by atoms with Gasteiger partial charge in [0.1, 0.15) is 5.15 Å². The van der Waals surface area contributed by atoms with E-state index in [1.807, 2.05) is 12.1 Å². The van der Waals surface area contributed by atoms with Gasteiger partial charge in [0.15, 0.2) is 0 Å². The lowest BCUT2D eigenvalue weighted by molar-refractivity contribution is 0.188. The van der Waals surface area contributed by atoms with Gasteiger partial charge in [-0.15, -0.1) is 0 Å². The first-order valence-corrected chi connectivity index (χ1v) is 5.59. The third kappa shape index (κ3) is 2.68. The topological polar surface area (TPSA) is 34.1 Å². The third-order valence-electron chi connectivity index (χ3n) is 2.67. The van der Waals surface area contributed by atoms with Gasteiger partial charge in [-0.05, 0) is 19.4 Å². The number of hydrogen-bond donors (Lipinski definition) is 1. The van der Waals surface area contributed by atoms with E-state index in [1.54, 1.807) is 6.20 Å². The molecule has 1 aliphatic heterocycles. The Morgan fingerprint density at radius 3 is 3.20 bits per heavy atom. The van der Waals surface area contributed by atoms with Crippen LogP contribution in [-0.2, 0) is 4.74 Å². The molecule has 0 spiro atoms. The number of rotatable bonds is 3. The van der Waals surface area contributed by atoms with Crippen LogP contribution in [0.1, 0.15) is 24.9 Å². The average molecular weight is 227 g/mol. The highest BCUT2D eigenvalue weighted by Gasteiger charge is 2.19. The molecule has 0 aromatic carbocycles. The Bertz CT molecular complexity index is 326. The van der Waals surface area contributed by atoms with E-state index >= 15 is 0 Å². The number of nitrogens with one attached hydrogen (secondary N) is 1. The number of pyridine rings is 1. The predicted molar refractivity (Wildman–Crippen MR) is 60.0 cm³/mol. The van der Waals surface area contributed by atoms with Gasteiger partial charge in [-0.2, -0.15) is 0 Å². The minimum atomic E-state index is 0.220. The summed E-state index contributed by atoms with van der Waals surface area (Å²) in [5, 5.41) is 4.07. The molecule has 1 aromatic heterocycles. The van der Waals surface area contributed by atoms with Crippen LogP contribution >= 0.6 is 11.6 Å². The van der Waals surface area contributed by atoms with Gasteiger partial charge in [0.25, 0.3) is 0 Å². The highest BCUT2D eigenvalue weighted by molar-refractivity contribution is 6.30. The quantitative estimate of drug-likeness (QED) is 0.803. The Kier molecular flexibility index (Phi) is 3.57. The molecule has 3 nitrogen and oxygen atoms in total. The molecule has 2 atom stereocenters. The van der Waals surface area contributed by atoms with Gasteiger partial charge in [-0.25, -0.2) is 4.98 Å². The minimum Gasteiger partial charge on any atom is -0.380 e. The summed E-state index contributed by atoms with van der Waals surface area (Å²) >= 11 is 6.02. The van der Waals surface area contributed by atoms with E-state index in [0.29, 0.717) is 11.2 Å². The van der Waals surface area contributed by atoms with Crippen molar-refractivity contribution in [1.29, 1.82) is 0 Å². The van der Waals surface area contributed by atoms with Crippen LogP contribution < -0.4 is 5.32 Å². The van der Waals surface area contributed by atoms with Crippen LogP contribution in [0.5, 0.6) is 0 Å². The van der Waals surface area contributed by atoms with Crippen LogP contribution in [0.3, 0.4) is 0 Å². The second-order valence-electron chi connectivity index (χ2n) is 3.83. The number of nitrogens with zero attached hydrogens (tertiary/aromatic N) is 1. The van der Waals surface area contributed by atoms with Crippen molar-refractivity contribution in [1.82, 2.24) is 10.3 Å². The molecule has 2 heterocycles. The van der Waals surface area contributed by atoms with Crippen molar-refractivity contribution >= 4 is 11.6 Å². The van der Waals surface area contributed by atoms with Gasteiger partial charge < -0.3 is 10.1 Å². The van der Waals surface area contributed by atoms with Crippen LogP contribution in [0.4, 0.5) is 0 Å². The number of halogens is 1. The fourth-order valence-corrected chi connectivity index (χ4v) is 2.11. The Balaban J connectivity index is 2.00. The van der Waals surface area contributed by atoms with Crippen molar-refractivity contribution in [3.8, 4) is 0 Å². The van der Waals surface area contributed by atoms with Crippen molar-refractivity contribution in [2.75, 3.05) is 13.2 Å². The standard InChI is InChI=1S/C11H15ClN2O/c1-8(14-9-4-6-15-7-9)10-3-2-5-13-11(10)12/h2-3,5,8-9,14H,4,6-7H2,1H3. The molecule has 2 unspecified atom stereocenters. The lowest BCUT2D eigenvalue weighted by atomic mass is 10.1. The molecule has 15 heavy (non-hydrogen) atoms. The predicted octanol–water partition coefficient (Wildman–Crippen LogP) is 2.17. The molecule has 82 valence electrons. The Labute approximate surface area is 94.8 Å². The molecular weight excluding hydrogens is 212 g/mol. The maximum atomic E-state index is 6.02. The summed E-state index contributed by atoms with van der Waals surface area (Å²) in [7, 11) is 0. The van der Waals surface area contributed by atoms with Crippen molar-refractivity contribution < 1.29 is 4.74 Å². The first-order chi connectivity index (χ1) is 7.27. The van der Waals surface area contributed by atoms with Gasteiger partial charge in [-0.1, -0.05) is 17.7 Å². The number of aromatic nitrogens is 1. The molecule has 0 aliphatic carbocycles. The van der Waals surface area contributed by atoms with Crippen LogP contribution in [0.2, 0.25) is 5.15 Å². The Hall–Kier alpha value is -0.640. The molecule has 4 heteroatoms. The average Bonchev–Trinajstić information content (AvgIpc) is 2.71. The van der Waals surface area contributed by atoms with Crippen molar-refractivity contribution in [3.05, 3.63) is 29.0 Å². The van der Waals surface area contributed by atoms with Gasteiger partial charge in [0.2, 0.25) is 0 Å². The second-order valence-corrected chi connectivity index (χ2v) is 4.19. The van der Waals surface area contributed by atoms with E-state index in [1.165, 1.54) is 0 Å². The van der Waals surface area contributed by atoms with Gasteiger partial charge in [0, 0.05) is 30.5 Å². The smallest absolute Gasteiger partial charge is 0.133 e. The highest BCUT2D eigenvalue weighted by Crippen LogP contribution is 2.21. The highest BCUT2D eigenvalue weighted by atomic mass is 35.5. The maximum absolute atomic E-state index is 6.02. The Morgan fingerprint density at radius 2 is 2.53 bits per heavy atom. The van der Waals surface area contributed by atoms with Crippen molar-refractivity contribution in [2.24, 2.45) is 0 Å². The molecule has 1 saturated heterocycles. The molecule has 1 fully saturated rings. The van der Waals surface area contributed by atoms with E-state index in [9.17, 15) is 0 Å². The summed E-state index contributed by atoms with van der Waals surface area (Å²) < 4.78 is 5.31. The van der Waals surface area contributed by atoms with Crippen LogP contribution in [-0.4, -0.2) is 24.2 Å². The van der Waals surface area contributed by atoms with E-state index in [4.69, 9.17) is 16.3 Å². The van der Waals surface area contributed by atoms with Crippen molar-refractivity contribution in [3.63, 3.8) is 0 Å². The minimum absolute atomic E-state index is 0.220. The molecular formula is C11H15ClN2O. The SMILES string of the molecule is CC(NC1CCOC1)c1cccnc1Cl. The third-order valence-corrected chi connectivity index (χ3v) is 2.99. The van der Waals surface area contributed by atoms with Crippen molar-refractivity contribution in [2.45, 2.75) is 25.4 Å². The lowest BCUT2D eigenvalue weighted by Gasteiger charge is -2.18. The normalized spacial score (nSPS) is 22.9. The number of ether oxygens (including phenoxy) is 1. The van der Waals surface area contributed by atoms with E-state index in [-0.39, 0.29) is 6.04 Å². The summed E-state index contributed by atoms with van der Waals surface area (Å²) in [5.41, 5.74) is 1.05. The summed E-state index contributed by atoms with van der Waals surface area (Å²) in [6.45, 7) is 3.74. The van der Waals surface area contributed by atoms with Crippen LogP contribution in [0, 0.1) is 0 Å². The fourth-order valence-electron chi connectivity index (χ4n) is 1.83. The molecule has 2 rings (SSSR count). The lowest BCUT2D eigenvalue weighted by Crippen LogP contribution is -2.31. The molecule has 1 aromatic rings. The molecule has 0 saturated carbocycles. The zero-order chi connectivity index (χ0) is 10.7. The molecule has 1 N–H and O–H groups in total. The first kappa shape index (κ1) is 10.9. The van der Waals surface area contributed by atoms with E-state index < -0.39 is 0 Å². The molecule has 0 bridgehead atoms. The molecule has 1 aliphatic rings. The molecule has 0 amide bonds. The zero-order valence-corrected chi connectivity index (χ0v) is 9.50. The monoisotopic (exact) mass is 226 g/mol. The summed E-state index contributed by atoms with van der Waals surface area (Å²) in [6, 6.07) is 4.57. The van der Waals surface area contributed by atoms with Gasteiger partial charge >= 0.3 is 0 Å². The largest absolute Gasteiger partial charge is 0.380 e. The van der Waals surface area contributed by atoms with Crippen LogP contribution in [0.15, 0.2) is 18.3 Å². The van der Waals surface area contributed by atoms with E-state index in [2.05, 4.69) is 17.2 Å². The summed E-state index contributed by atoms with van der Waals surface area (Å²) in [4.78, 5) is 4.07.